The zero-order valence-corrected chi connectivity index (χ0v) is 20.2. The highest BCUT2D eigenvalue weighted by Gasteiger charge is 2.08. The second-order valence-electron chi connectivity index (χ2n) is 8.05. The summed E-state index contributed by atoms with van der Waals surface area (Å²) in [5.74, 6) is 1.54. The molecule has 7 heteroatoms. The highest BCUT2D eigenvalue weighted by atomic mass is 16.5. The first kappa shape index (κ1) is 24.6. The van der Waals surface area contributed by atoms with Gasteiger partial charge in [0.1, 0.15) is 12.4 Å². The van der Waals surface area contributed by atoms with Crippen LogP contribution in [0.25, 0.3) is 16.8 Å². The maximum absolute atomic E-state index is 11.6. The molecule has 0 aliphatic rings. The van der Waals surface area contributed by atoms with Crippen molar-refractivity contribution in [2.45, 2.75) is 0 Å². The van der Waals surface area contributed by atoms with E-state index in [0.717, 1.165) is 33.3 Å². The number of carbonyl (C=O) groups is 1. The van der Waals surface area contributed by atoms with Gasteiger partial charge in [0.25, 0.3) is 5.91 Å². The Kier molecular flexibility index (Phi) is 8.05. The quantitative estimate of drug-likeness (QED) is 0.202. The molecular formula is C29H28N2O5. The van der Waals surface area contributed by atoms with E-state index >= 15 is 0 Å². The topological polar surface area (TPSA) is 89.1 Å². The van der Waals surface area contributed by atoms with Crippen molar-refractivity contribution in [2.75, 3.05) is 32.7 Å². The molecule has 0 saturated heterocycles. The van der Waals surface area contributed by atoms with Crippen molar-refractivity contribution in [3.05, 3.63) is 102 Å². The van der Waals surface area contributed by atoms with Crippen LogP contribution in [0.1, 0.15) is 15.9 Å². The fourth-order valence-electron chi connectivity index (χ4n) is 3.83. The van der Waals surface area contributed by atoms with Crippen LogP contribution in [0.2, 0.25) is 0 Å². The van der Waals surface area contributed by atoms with Crippen LogP contribution < -0.4 is 25.0 Å². The largest absolute Gasteiger partial charge is 0.493 e. The van der Waals surface area contributed by atoms with E-state index in [9.17, 15) is 4.79 Å². The number of carbonyl (C=O) groups excluding carboxylic acids is 1. The van der Waals surface area contributed by atoms with Gasteiger partial charge in [-0.15, -0.1) is 0 Å². The van der Waals surface area contributed by atoms with E-state index in [0.29, 0.717) is 30.2 Å². The molecule has 7 nitrogen and oxygen atoms in total. The summed E-state index contributed by atoms with van der Waals surface area (Å²) in [6.45, 7) is 0.867. The summed E-state index contributed by atoms with van der Waals surface area (Å²) in [4.78, 5) is 11.6. The lowest BCUT2D eigenvalue weighted by Crippen LogP contribution is -2.18. The van der Waals surface area contributed by atoms with Gasteiger partial charge in [-0.1, -0.05) is 54.6 Å². The van der Waals surface area contributed by atoms with Gasteiger partial charge in [-0.3, -0.25) is 10.0 Å². The molecule has 0 bridgehead atoms. The number of fused-ring (bicyclic) bond motifs is 1. The molecule has 0 atom stereocenters. The molecule has 0 unspecified atom stereocenters. The molecular weight excluding hydrogens is 456 g/mol. The minimum atomic E-state index is -0.555. The van der Waals surface area contributed by atoms with Crippen molar-refractivity contribution in [3.63, 3.8) is 0 Å². The number of hydroxylamine groups is 1. The summed E-state index contributed by atoms with van der Waals surface area (Å²) in [5, 5.41) is 14.4. The number of anilines is 1. The summed E-state index contributed by atoms with van der Waals surface area (Å²) < 4.78 is 17.0. The number of nitrogens with one attached hydrogen (secondary N) is 2. The van der Waals surface area contributed by atoms with E-state index in [1.807, 2.05) is 66.7 Å². The number of benzene rings is 4. The Bertz CT molecular complexity index is 1360. The van der Waals surface area contributed by atoms with Gasteiger partial charge in [0.2, 0.25) is 0 Å². The minimum Gasteiger partial charge on any atom is -0.493 e. The molecule has 0 saturated carbocycles. The van der Waals surface area contributed by atoms with Crippen LogP contribution in [0.15, 0.2) is 90.5 Å². The monoisotopic (exact) mass is 484 g/mol. The molecule has 0 spiro atoms. The van der Waals surface area contributed by atoms with E-state index in [1.54, 1.807) is 31.8 Å². The molecule has 1 amide bonds. The Morgan fingerprint density at radius 3 is 2.36 bits per heavy atom. The molecule has 4 rings (SSSR count). The van der Waals surface area contributed by atoms with Gasteiger partial charge in [-0.05, 0) is 46.9 Å². The lowest BCUT2D eigenvalue weighted by molar-refractivity contribution is 0.0706. The van der Waals surface area contributed by atoms with Crippen molar-refractivity contribution in [1.29, 1.82) is 0 Å². The molecule has 36 heavy (non-hydrogen) atoms. The molecule has 3 N–H and O–H groups in total. The zero-order valence-electron chi connectivity index (χ0n) is 20.2. The molecule has 0 fully saturated rings. The molecule has 0 heterocycles. The highest BCUT2D eigenvalue weighted by molar-refractivity contribution is 5.93. The number of methoxy groups -OCH3 is 2. The number of hydrogen-bond donors (Lipinski definition) is 3. The average molecular weight is 485 g/mol. The molecule has 4 aromatic carbocycles. The third-order valence-corrected chi connectivity index (χ3v) is 5.71. The van der Waals surface area contributed by atoms with Crippen LogP contribution in [0.3, 0.4) is 0 Å². The lowest BCUT2D eigenvalue weighted by Gasteiger charge is -2.15. The summed E-state index contributed by atoms with van der Waals surface area (Å²) >= 11 is 0. The van der Waals surface area contributed by atoms with Crippen LogP contribution in [0.5, 0.6) is 17.2 Å². The van der Waals surface area contributed by atoms with E-state index in [4.69, 9.17) is 19.4 Å². The van der Waals surface area contributed by atoms with Gasteiger partial charge in [0.05, 0.1) is 14.2 Å². The summed E-state index contributed by atoms with van der Waals surface area (Å²) in [7, 11) is 3.21. The molecule has 0 radical (unpaired) electrons. The van der Waals surface area contributed by atoms with E-state index in [2.05, 4.69) is 17.4 Å². The fourth-order valence-corrected chi connectivity index (χ4v) is 3.83. The number of rotatable bonds is 10. The molecule has 4 aromatic rings. The van der Waals surface area contributed by atoms with Gasteiger partial charge in [-0.25, -0.2) is 5.48 Å². The van der Waals surface area contributed by atoms with Crippen LogP contribution in [0.4, 0.5) is 5.69 Å². The second kappa shape index (κ2) is 11.8. The van der Waals surface area contributed by atoms with Crippen LogP contribution >= 0.6 is 0 Å². The Balaban J connectivity index is 1.57. The second-order valence-corrected chi connectivity index (χ2v) is 8.05. The van der Waals surface area contributed by atoms with E-state index < -0.39 is 5.91 Å². The number of ether oxygens (including phenoxy) is 3. The predicted molar refractivity (Wildman–Crippen MR) is 141 cm³/mol. The van der Waals surface area contributed by atoms with Crippen LogP contribution in [0, 0.1) is 0 Å². The Hall–Kier alpha value is -4.49. The SMILES string of the molecule is COc1ccc(NCC(=Cc2ccc(C(=O)NO)cc2)COc2cccc3ccccc23)cc1OC. The third kappa shape index (κ3) is 5.95. The van der Waals surface area contributed by atoms with Crippen molar-refractivity contribution < 1.29 is 24.2 Å². The summed E-state index contributed by atoms with van der Waals surface area (Å²) in [6.07, 6.45) is 2.01. The number of amides is 1. The zero-order chi connectivity index (χ0) is 25.3. The van der Waals surface area contributed by atoms with Crippen molar-refractivity contribution in [1.82, 2.24) is 5.48 Å². The molecule has 0 aromatic heterocycles. The van der Waals surface area contributed by atoms with Crippen molar-refractivity contribution in [2.24, 2.45) is 0 Å². The number of hydrogen-bond acceptors (Lipinski definition) is 6. The van der Waals surface area contributed by atoms with Gasteiger partial charge >= 0.3 is 0 Å². The third-order valence-electron chi connectivity index (χ3n) is 5.71. The Morgan fingerprint density at radius 2 is 1.61 bits per heavy atom. The van der Waals surface area contributed by atoms with Crippen molar-refractivity contribution >= 4 is 28.4 Å². The summed E-state index contributed by atoms with van der Waals surface area (Å²) in [6, 6.07) is 26.7. The van der Waals surface area contributed by atoms with Gasteiger partial charge in [0.15, 0.2) is 11.5 Å². The predicted octanol–water partition coefficient (Wildman–Crippen LogP) is 5.55. The van der Waals surface area contributed by atoms with E-state index in [1.165, 1.54) is 0 Å². The first-order valence-corrected chi connectivity index (χ1v) is 11.4. The highest BCUT2D eigenvalue weighted by Crippen LogP contribution is 2.30. The molecule has 0 aliphatic carbocycles. The lowest BCUT2D eigenvalue weighted by atomic mass is 10.1. The Morgan fingerprint density at radius 1 is 0.861 bits per heavy atom. The maximum Gasteiger partial charge on any atom is 0.274 e. The summed E-state index contributed by atoms with van der Waals surface area (Å²) in [5.41, 5.74) is 4.77. The first-order chi connectivity index (χ1) is 17.6. The van der Waals surface area contributed by atoms with E-state index in [-0.39, 0.29) is 0 Å². The smallest absolute Gasteiger partial charge is 0.274 e. The first-order valence-electron chi connectivity index (χ1n) is 11.4. The molecule has 184 valence electrons. The average Bonchev–Trinajstić information content (AvgIpc) is 2.94. The normalized spacial score (nSPS) is 11.1. The van der Waals surface area contributed by atoms with Crippen LogP contribution in [-0.2, 0) is 0 Å². The Labute approximate surface area is 209 Å². The minimum absolute atomic E-state index is 0.354. The van der Waals surface area contributed by atoms with Crippen molar-refractivity contribution in [3.8, 4) is 17.2 Å². The fraction of sp³-hybridized carbons (Fsp3) is 0.138. The van der Waals surface area contributed by atoms with Gasteiger partial charge in [0, 0.05) is 29.2 Å². The molecule has 0 aliphatic heterocycles. The van der Waals surface area contributed by atoms with Gasteiger partial charge in [-0.2, -0.15) is 0 Å². The standard InChI is InChI=1S/C29H28N2O5/c1-34-27-15-14-24(17-28(27)35-2)30-18-21(16-20-10-12-23(13-11-20)29(32)31-33)19-36-26-9-5-7-22-6-3-4-8-25(22)26/h3-17,30,33H,18-19H2,1-2H3,(H,31,32). The maximum atomic E-state index is 11.6. The van der Waals surface area contributed by atoms with Crippen LogP contribution in [-0.4, -0.2) is 38.5 Å². The van der Waals surface area contributed by atoms with Gasteiger partial charge < -0.3 is 19.5 Å².